The number of piperazine rings is 1. The summed E-state index contributed by atoms with van der Waals surface area (Å²) in [5, 5.41) is 20.8. The number of aromatic nitrogens is 4. The van der Waals surface area contributed by atoms with Crippen LogP contribution in [0, 0.1) is 6.92 Å². The van der Waals surface area contributed by atoms with Crippen LogP contribution < -0.4 is 15.0 Å². The largest absolute Gasteiger partial charge is 0.494 e. The van der Waals surface area contributed by atoms with E-state index in [1.807, 2.05) is 46.8 Å². The van der Waals surface area contributed by atoms with E-state index in [1.165, 1.54) is 4.90 Å². The molecule has 0 saturated carbocycles. The molecule has 0 unspecified atom stereocenters. The molecule has 3 aromatic heterocycles. The van der Waals surface area contributed by atoms with Gasteiger partial charge in [-0.05, 0) is 19.1 Å². The minimum absolute atomic E-state index is 0.457. The van der Waals surface area contributed by atoms with Crippen LogP contribution in [-0.2, 0) is 0 Å². The topological polar surface area (TPSA) is 108 Å². The van der Waals surface area contributed by atoms with Crippen LogP contribution in [0.25, 0.3) is 5.65 Å². The maximum atomic E-state index is 11.0. The minimum atomic E-state index is -0.885. The number of carboxylic acid groups (broad SMARTS) is 1. The van der Waals surface area contributed by atoms with Crippen molar-refractivity contribution in [3.05, 3.63) is 36.3 Å². The van der Waals surface area contributed by atoms with Gasteiger partial charge in [-0.2, -0.15) is 0 Å². The number of nitrogens with zero attached hydrogens (tertiary/aromatic N) is 6. The minimum Gasteiger partial charge on any atom is -0.494 e. The van der Waals surface area contributed by atoms with Gasteiger partial charge < -0.3 is 29.4 Å². The average molecular weight is 383 g/mol. The predicted octanol–water partition coefficient (Wildman–Crippen LogP) is 1.98. The number of ether oxygens (including phenoxy) is 1. The van der Waals surface area contributed by atoms with E-state index in [0.717, 1.165) is 22.8 Å². The first-order chi connectivity index (χ1) is 13.5. The van der Waals surface area contributed by atoms with Gasteiger partial charge in [0.1, 0.15) is 11.4 Å². The second kappa shape index (κ2) is 7.22. The van der Waals surface area contributed by atoms with Gasteiger partial charge >= 0.3 is 6.09 Å². The van der Waals surface area contributed by atoms with Crippen molar-refractivity contribution < 1.29 is 14.6 Å². The summed E-state index contributed by atoms with van der Waals surface area (Å²) in [4.78, 5) is 18.9. The molecule has 1 fully saturated rings. The summed E-state index contributed by atoms with van der Waals surface area (Å²) in [5.74, 6) is 1.97. The SMILES string of the molecule is COc1cc2nc(C)cn2cc1Nc1ccc(N2CCN(C(=O)O)CC2)nn1. The number of nitrogens with one attached hydrogen (secondary N) is 1. The van der Waals surface area contributed by atoms with Crippen LogP contribution in [0.2, 0.25) is 0 Å². The maximum absolute atomic E-state index is 11.0. The molecule has 1 saturated heterocycles. The van der Waals surface area contributed by atoms with Gasteiger partial charge in [0.15, 0.2) is 11.6 Å². The number of anilines is 3. The molecule has 0 bridgehead atoms. The predicted molar refractivity (Wildman–Crippen MR) is 104 cm³/mol. The Kier molecular flexibility index (Phi) is 4.60. The molecule has 1 aliphatic rings. The smallest absolute Gasteiger partial charge is 0.407 e. The van der Waals surface area contributed by atoms with Crippen LogP contribution in [0.4, 0.5) is 22.1 Å². The van der Waals surface area contributed by atoms with Crippen molar-refractivity contribution in [2.75, 3.05) is 43.5 Å². The Morgan fingerprint density at radius 1 is 1.18 bits per heavy atom. The summed E-state index contributed by atoms with van der Waals surface area (Å²) < 4.78 is 7.38. The molecule has 146 valence electrons. The van der Waals surface area contributed by atoms with Gasteiger partial charge in [0.2, 0.25) is 0 Å². The Hall–Kier alpha value is -3.56. The van der Waals surface area contributed by atoms with Crippen LogP contribution in [0.1, 0.15) is 5.69 Å². The lowest BCUT2D eigenvalue weighted by atomic mass is 10.3. The standard InChI is InChI=1S/C18H21N7O3/c1-12-10-25-11-13(14(28-2)9-17(25)19-12)20-15-3-4-16(22-21-15)23-5-7-24(8-6-23)18(26)27/h3-4,9-11H,5-8H2,1-2H3,(H,20,21)(H,26,27). The second-order valence-corrected chi connectivity index (χ2v) is 6.56. The third-order valence-electron chi connectivity index (χ3n) is 4.68. The summed E-state index contributed by atoms with van der Waals surface area (Å²) in [6, 6.07) is 5.58. The van der Waals surface area contributed by atoms with Gasteiger partial charge in [0.05, 0.1) is 18.5 Å². The van der Waals surface area contributed by atoms with Gasteiger partial charge in [-0.3, -0.25) is 0 Å². The molecule has 3 aromatic rings. The summed E-state index contributed by atoms with van der Waals surface area (Å²) in [5.41, 5.74) is 2.48. The molecule has 0 radical (unpaired) electrons. The Morgan fingerprint density at radius 3 is 2.61 bits per heavy atom. The molecule has 28 heavy (non-hydrogen) atoms. The number of pyridine rings is 1. The number of rotatable bonds is 4. The lowest BCUT2D eigenvalue weighted by Gasteiger charge is -2.33. The third kappa shape index (κ3) is 3.48. The molecule has 0 spiro atoms. The van der Waals surface area contributed by atoms with Crippen molar-refractivity contribution >= 4 is 29.1 Å². The molecule has 1 amide bonds. The second-order valence-electron chi connectivity index (χ2n) is 6.56. The number of fused-ring (bicyclic) bond motifs is 1. The normalized spacial score (nSPS) is 14.4. The number of amides is 1. The maximum Gasteiger partial charge on any atom is 0.407 e. The molecule has 10 heteroatoms. The van der Waals surface area contributed by atoms with Crippen molar-refractivity contribution in [1.82, 2.24) is 24.5 Å². The lowest BCUT2D eigenvalue weighted by molar-refractivity contribution is 0.142. The molecule has 2 N–H and O–H groups in total. The molecule has 4 rings (SSSR count). The van der Waals surface area contributed by atoms with Crippen molar-refractivity contribution in [2.45, 2.75) is 6.92 Å². The highest BCUT2D eigenvalue weighted by atomic mass is 16.5. The lowest BCUT2D eigenvalue weighted by Crippen LogP contribution is -2.48. The number of aryl methyl sites for hydroxylation is 1. The van der Waals surface area contributed by atoms with Crippen LogP contribution >= 0.6 is 0 Å². The Morgan fingerprint density at radius 2 is 1.96 bits per heavy atom. The first-order valence-corrected chi connectivity index (χ1v) is 8.90. The average Bonchev–Trinajstić information content (AvgIpc) is 3.07. The number of imidazole rings is 1. The number of methoxy groups -OCH3 is 1. The van der Waals surface area contributed by atoms with E-state index in [2.05, 4.69) is 20.5 Å². The van der Waals surface area contributed by atoms with Crippen LogP contribution in [0.5, 0.6) is 5.75 Å². The molecule has 0 atom stereocenters. The van der Waals surface area contributed by atoms with Crippen LogP contribution in [0.3, 0.4) is 0 Å². The van der Waals surface area contributed by atoms with Crippen molar-refractivity contribution in [1.29, 1.82) is 0 Å². The first-order valence-electron chi connectivity index (χ1n) is 8.90. The van der Waals surface area contributed by atoms with Crippen molar-refractivity contribution in [3.63, 3.8) is 0 Å². The molecular weight excluding hydrogens is 362 g/mol. The fraction of sp³-hybridized carbons (Fsp3) is 0.333. The van der Waals surface area contributed by atoms with Gasteiger partial charge in [-0.15, -0.1) is 10.2 Å². The molecule has 1 aliphatic heterocycles. The zero-order chi connectivity index (χ0) is 19.7. The van der Waals surface area contributed by atoms with E-state index < -0.39 is 6.09 Å². The molecule has 10 nitrogen and oxygen atoms in total. The Bertz CT molecular complexity index is 994. The van der Waals surface area contributed by atoms with Gasteiger partial charge in [-0.1, -0.05) is 0 Å². The highest BCUT2D eigenvalue weighted by Gasteiger charge is 2.21. The Balaban J connectivity index is 1.49. The van der Waals surface area contributed by atoms with Gasteiger partial charge in [0, 0.05) is 44.6 Å². The Labute approximate surface area is 161 Å². The number of hydrogen-bond donors (Lipinski definition) is 2. The van der Waals surface area contributed by atoms with E-state index in [4.69, 9.17) is 9.84 Å². The van der Waals surface area contributed by atoms with E-state index in [9.17, 15) is 4.79 Å². The summed E-state index contributed by atoms with van der Waals surface area (Å²) >= 11 is 0. The van der Waals surface area contributed by atoms with E-state index in [-0.39, 0.29) is 0 Å². The molecule has 0 aromatic carbocycles. The quantitative estimate of drug-likeness (QED) is 0.704. The van der Waals surface area contributed by atoms with Crippen molar-refractivity contribution in [3.8, 4) is 5.75 Å². The third-order valence-corrected chi connectivity index (χ3v) is 4.68. The van der Waals surface area contributed by atoms with Crippen LogP contribution in [0.15, 0.2) is 30.6 Å². The van der Waals surface area contributed by atoms with E-state index in [1.54, 1.807) is 7.11 Å². The number of carbonyl (C=O) groups is 1. The zero-order valence-corrected chi connectivity index (χ0v) is 15.7. The summed E-state index contributed by atoms with van der Waals surface area (Å²) in [6.45, 7) is 4.04. The van der Waals surface area contributed by atoms with Gasteiger partial charge in [0.25, 0.3) is 0 Å². The van der Waals surface area contributed by atoms with Crippen molar-refractivity contribution in [2.24, 2.45) is 0 Å². The summed E-state index contributed by atoms with van der Waals surface area (Å²) in [6.07, 6.45) is 2.95. The van der Waals surface area contributed by atoms with E-state index in [0.29, 0.717) is 37.7 Å². The number of hydrogen-bond acceptors (Lipinski definition) is 7. The molecule has 4 heterocycles. The summed E-state index contributed by atoms with van der Waals surface area (Å²) in [7, 11) is 1.61. The fourth-order valence-corrected chi connectivity index (χ4v) is 3.23. The fourth-order valence-electron chi connectivity index (χ4n) is 3.23. The molecular formula is C18H21N7O3. The highest BCUT2D eigenvalue weighted by molar-refractivity contribution is 5.67. The van der Waals surface area contributed by atoms with Crippen LogP contribution in [-0.4, -0.2) is 69.0 Å². The molecule has 0 aliphatic carbocycles. The van der Waals surface area contributed by atoms with Gasteiger partial charge in [-0.25, -0.2) is 9.78 Å². The monoisotopic (exact) mass is 383 g/mol. The van der Waals surface area contributed by atoms with E-state index >= 15 is 0 Å². The zero-order valence-electron chi connectivity index (χ0n) is 15.7. The highest BCUT2D eigenvalue weighted by Crippen LogP contribution is 2.28. The first kappa shape index (κ1) is 17.8.